The van der Waals surface area contributed by atoms with Crippen molar-refractivity contribution in [3.63, 3.8) is 0 Å². The minimum absolute atomic E-state index is 0.104. The lowest BCUT2D eigenvalue weighted by molar-refractivity contribution is 0.0951. The van der Waals surface area contributed by atoms with E-state index < -0.39 is 11.2 Å². The zero-order valence-corrected chi connectivity index (χ0v) is 15.8. The summed E-state index contributed by atoms with van der Waals surface area (Å²) < 4.78 is 1.41. The molecule has 2 aromatic heterocycles. The van der Waals surface area contributed by atoms with Crippen molar-refractivity contribution in [1.29, 1.82) is 0 Å². The number of aryl methyl sites for hydroxylation is 1. The number of aromatic nitrogens is 3. The summed E-state index contributed by atoms with van der Waals surface area (Å²) in [6.07, 6.45) is 2.86. The topological polar surface area (TPSA) is 96.9 Å². The number of carbonyl (C=O) groups excluding carboxylic acids is 1. The molecule has 0 bridgehead atoms. The number of pyridine rings is 1. The average molecular weight is 358 g/mol. The summed E-state index contributed by atoms with van der Waals surface area (Å²) in [7, 11) is 0. The summed E-state index contributed by atoms with van der Waals surface area (Å²) in [5.41, 5.74) is 0.425. The molecule has 0 radical (unpaired) electrons. The molecule has 7 heteroatoms. The normalized spacial score (nSPS) is 14.6. The van der Waals surface area contributed by atoms with E-state index in [0.717, 1.165) is 25.0 Å². The first-order valence-corrected chi connectivity index (χ1v) is 9.17. The first-order chi connectivity index (χ1) is 12.2. The molecule has 0 unspecified atom stereocenters. The van der Waals surface area contributed by atoms with Crippen molar-refractivity contribution in [2.45, 2.75) is 59.4 Å². The quantitative estimate of drug-likeness (QED) is 0.856. The lowest BCUT2D eigenvalue weighted by atomic mass is 9.92. The van der Waals surface area contributed by atoms with Crippen LogP contribution in [0.2, 0.25) is 0 Å². The molecule has 140 valence electrons. The zero-order chi connectivity index (χ0) is 19.1. The second-order valence-electron chi connectivity index (χ2n) is 8.14. The lowest BCUT2D eigenvalue weighted by Crippen LogP contribution is -2.33. The fraction of sp³-hybridized carbons (Fsp3) is 0.579. The van der Waals surface area contributed by atoms with Gasteiger partial charge in [-0.25, -0.2) is 9.78 Å². The number of rotatable bonds is 5. The molecule has 1 aliphatic rings. The Labute approximate surface area is 151 Å². The van der Waals surface area contributed by atoms with E-state index in [1.807, 2.05) is 6.92 Å². The Morgan fingerprint density at radius 1 is 1.35 bits per heavy atom. The minimum Gasteiger partial charge on any atom is -0.352 e. The molecule has 1 aliphatic carbocycles. The third kappa shape index (κ3) is 3.71. The second kappa shape index (κ2) is 6.70. The summed E-state index contributed by atoms with van der Waals surface area (Å²) in [5, 5.41) is 3.09. The smallest absolute Gasteiger partial charge is 0.329 e. The lowest BCUT2D eigenvalue weighted by Gasteiger charge is -2.18. The number of H-pyrrole nitrogens is 1. The standard InChI is InChI=1S/C19H26N4O3/c1-5-23-15-14(17(25)22-18(23)26)12(10-13(21-15)11-6-7-11)16(24)20-9-8-19(2,3)4/h10-11H,5-9H2,1-4H3,(H,20,24)(H,22,25,26). The van der Waals surface area contributed by atoms with Crippen LogP contribution in [-0.4, -0.2) is 27.0 Å². The van der Waals surface area contributed by atoms with Crippen LogP contribution in [0, 0.1) is 5.41 Å². The summed E-state index contributed by atoms with van der Waals surface area (Å²) >= 11 is 0. The fourth-order valence-electron chi connectivity index (χ4n) is 3.00. The van der Waals surface area contributed by atoms with Crippen molar-refractivity contribution in [3.8, 4) is 0 Å². The van der Waals surface area contributed by atoms with Gasteiger partial charge in [-0.15, -0.1) is 0 Å². The molecule has 2 aromatic rings. The molecule has 0 aromatic carbocycles. The molecule has 1 amide bonds. The highest BCUT2D eigenvalue weighted by atomic mass is 16.2. The van der Waals surface area contributed by atoms with Crippen molar-refractivity contribution < 1.29 is 4.79 Å². The number of carbonyl (C=O) groups is 1. The Bertz CT molecular complexity index is 962. The number of hydrogen-bond donors (Lipinski definition) is 2. The molecule has 7 nitrogen and oxygen atoms in total. The highest BCUT2D eigenvalue weighted by molar-refractivity contribution is 6.05. The van der Waals surface area contributed by atoms with E-state index in [-0.39, 0.29) is 16.7 Å². The van der Waals surface area contributed by atoms with Gasteiger partial charge in [-0.05, 0) is 37.7 Å². The SMILES string of the molecule is CCn1c(=O)[nH]c(=O)c2c(C(=O)NCCC(C)(C)C)cc(C3CC3)nc21. The Kier molecular flexibility index (Phi) is 4.73. The van der Waals surface area contributed by atoms with Gasteiger partial charge in [0.1, 0.15) is 0 Å². The van der Waals surface area contributed by atoms with Crippen molar-refractivity contribution >= 4 is 16.9 Å². The maximum Gasteiger partial charge on any atom is 0.329 e. The van der Waals surface area contributed by atoms with Crippen molar-refractivity contribution in [1.82, 2.24) is 19.9 Å². The largest absolute Gasteiger partial charge is 0.352 e. The van der Waals surface area contributed by atoms with Gasteiger partial charge in [0.2, 0.25) is 0 Å². The molecule has 0 atom stereocenters. The van der Waals surface area contributed by atoms with Gasteiger partial charge in [0, 0.05) is 24.7 Å². The number of hydrogen-bond acceptors (Lipinski definition) is 4. The summed E-state index contributed by atoms with van der Waals surface area (Å²) in [4.78, 5) is 44.2. The van der Waals surface area contributed by atoms with Gasteiger partial charge in [-0.1, -0.05) is 20.8 Å². The molecule has 0 spiro atoms. The summed E-state index contributed by atoms with van der Waals surface area (Å²) in [5.74, 6) is 0.00979. The molecule has 1 fully saturated rings. The van der Waals surface area contributed by atoms with Crippen molar-refractivity contribution in [2.75, 3.05) is 6.54 Å². The maximum absolute atomic E-state index is 12.8. The molecule has 2 N–H and O–H groups in total. The van der Waals surface area contributed by atoms with Crippen LogP contribution in [0.1, 0.15) is 68.9 Å². The van der Waals surface area contributed by atoms with E-state index in [2.05, 4.69) is 36.1 Å². The van der Waals surface area contributed by atoms with Crippen molar-refractivity contribution in [3.05, 3.63) is 38.2 Å². The first kappa shape index (κ1) is 18.4. The number of fused-ring (bicyclic) bond motifs is 1. The van der Waals surface area contributed by atoms with Gasteiger partial charge < -0.3 is 5.32 Å². The van der Waals surface area contributed by atoms with Crippen molar-refractivity contribution in [2.24, 2.45) is 5.41 Å². The molecular weight excluding hydrogens is 332 g/mol. The molecule has 0 saturated heterocycles. The van der Waals surface area contributed by atoms with Gasteiger partial charge in [-0.2, -0.15) is 0 Å². The average Bonchev–Trinajstić information content (AvgIpc) is 3.37. The summed E-state index contributed by atoms with van der Waals surface area (Å²) in [6, 6.07) is 1.71. The Balaban J connectivity index is 2.10. The van der Waals surface area contributed by atoms with E-state index in [0.29, 0.717) is 30.2 Å². The molecule has 2 heterocycles. The van der Waals surface area contributed by atoms with Crippen LogP contribution in [0.15, 0.2) is 15.7 Å². The van der Waals surface area contributed by atoms with E-state index in [1.54, 1.807) is 6.07 Å². The van der Waals surface area contributed by atoms with Gasteiger partial charge >= 0.3 is 5.69 Å². The number of amides is 1. The highest BCUT2D eigenvalue weighted by Crippen LogP contribution is 2.39. The predicted molar refractivity (Wildman–Crippen MR) is 101 cm³/mol. The van der Waals surface area contributed by atoms with Crippen LogP contribution in [0.25, 0.3) is 11.0 Å². The maximum atomic E-state index is 12.8. The third-order valence-corrected chi connectivity index (χ3v) is 4.69. The van der Waals surface area contributed by atoms with E-state index in [1.165, 1.54) is 4.57 Å². The van der Waals surface area contributed by atoms with Gasteiger partial charge in [-0.3, -0.25) is 19.1 Å². The third-order valence-electron chi connectivity index (χ3n) is 4.69. The highest BCUT2D eigenvalue weighted by Gasteiger charge is 2.28. The molecule has 3 rings (SSSR count). The Morgan fingerprint density at radius 3 is 2.62 bits per heavy atom. The van der Waals surface area contributed by atoms with Crippen LogP contribution >= 0.6 is 0 Å². The van der Waals surface area contributed by atoms with Gasteiger partial charge in [0.15, 0.2) is 5.65 Å². The van der Waals surface area contributed by atoms with E-state index in [4.69, 9.17) is 0 Å². The molecule has 26 heavy (non-hydrogen) atoms. The first-order valence-electron chi connectivity index (χ1n) is 9.17. The van der Waals surface area contributed by atoms with Crippen LogP contribution < -0.4 is 16.6 Å². The predicted octanol–water partition coefficient (Wildman–Crippen LogP) is 2.15. The second-order valence-corrected chi connectivity index (χ2v) is 8.14. The van der Waals surface area contributed by atoms with Gasteiger partial charge in [0.05, 0.1) is 10.9 Å². The number of nitrogens with one attached hydrogen (secondary N) is 2. The monoisotopic (exact) mass is 358 g/mol. The fourth-order valence-corrected chi connectivity index (χ4v) is 3.00. The van der Waals surface area contributed by atoms with Crippen LogP contribution in [0.4, 0.5) is 0 Å². The van der Waals surface area contributed by atoms with E-state index >= 15 is 0 Å². The van der Waals surface area contributed by atoms with Crippen LogP contribution in [-0.2, 0) is 6.54 Å². The number of aromatic amines is 1. The Morgan fingerprint density at radius 2 is 2.04 bits per heavy atom. The van der Waals surface area contributed by atoms with Crippen LogP contribution in [0.3, 0.4) is 0 Å². The van der Waals surface area contributed by atoms with Crippen LogP contribution in [0.5, 0.6) is 0 Å². The number of nitrogens with zero attached hydrogens (tertiary/aromatic N) is 2. The van der Waals surface area contributed by atoms with Gasteiger partial charge in [0.25, 0.3) is 11.5 Å². The molecule has 0 aliphatic heterocycles. The minimum atomic E-state index is -0.564. The Hall–Kier alpha value is -2.44. The molecular formula is C19H26N4O3. The summed E-state index contributed by atoms with van der Waals surface area (Å²) in [6.45, 7) is 9.03. The van der Waals surface area contributed by atoms with E-state index in [9.17, 15) is 14.4 Å². The zero-order valence-electron chi connectivity index (χ0n) is 15.8. The molecule has 1 saturated carbocycles.